The highest BCUT2D eigenvalue weighted by Crippen LogP contribution is 2.20. The average molecular weight is 655 g/mol. The molecule has 10 heteroatoms. The lowest BCUT2D eigenvalue weighted by atomic mass is 10.00. The lowest BCUT2D eigenvalue weighted by Gasteiger charge is -2.27. The first-order valence-electron chi connectivity index (χ1n) is 16.3. The van der Waals surface area contributed by atoms with Crippen LogP contribution in [0, 0.1) is 5.92 Å². The number of aromatic nitrogens is 1. The number of fused-ring (bicyclic) bond motifs is 1. The molecule has 3 unspecified atom stereocenters. The van der Waals surface area contributed by atoms with Crippen molar-refractivity contribution in [2.24, 2.45) is 5.92 Å². The molecule has 0 aliphatic heterocycles. The number of amides is 3. The summed E-state index contributed by atoms with van der Waals surface area (Å²) in [6.45, 7) is 9.14. The van der Waals surface area contributed by atoms with E-state index in [0.29, 0.717) is 6.42 Å². The molecule has 0 bridgehead atoms. The number of aromatic amines is 1. The average Bonchev–Trinajstić information content (AvgIpc) is 3.45. The quantitative estimate of drug-likeness (QED) is 0.131. The number of H-pyrrole nitrogens is 1. The van der Waals surface area contributed by atoms with E-state index in [2.05, 4.69) is 20.9 Å². The van der Waals surface area contributed by atoms with Crippen LogP contribution in [0.3, 0.4) is 0 Å². The van der Waals surface area contributed by atoms with Gasteiger partial charge in [-0.05, 0) is 55.9 Å². The molecule has 0 fully saturated rings. The predicted molar refractivity (Wildman–Crippen MR) is 185 cm³/mol. The van der Waals surface area contributed by atoms with Crippen LogP contribution < -0.4 is 16.0 Å². The summed E-state index contributed by atoms with van der Waals surface area (Å²) in [5, 5.41) is 9.32. The molecule has 3 atom stereocenters. The highest BCUT2D eigenvalue weighted by molar-refractivity contribution is 5.94. The first-order valence-corrected chi connectivity index (χ1v) is 16.3. The summed E-state index contributed by atoms with van der Waals surface area (Å²) in [5.41, 5.74) is 2.58. The van der Waals surface area contributed by atoms with Crippen molar-refractivity contribution in [1.82, 2.24) is 20.9 Å². The normalized spacial score (nSPS) is 13.3. The Morgan fingerprint density at radius 3 is 1.94 bits per heavy atom. The SMILES string of the molecule is CC(C)CC(NC(=O)C(Cc1c[nH]c2ccccc12)NC(=O)OC(C)(C)C)C(=O)NC(Cc1ccccc1)C(=O)OCc1ccccc1. The number of nitrogens with one attached hydrogen (secondary N) is 4. The van der Waals surface area contributed by atoms with Crippen LogP contribution in [-0.4, -0.2) is 52.6 Å². The van der Waals surface area contributed by atoms with Gasteiger partial charge in [-0.15, -0.1) is 0 Å². The molecule has 10 nitrogen and oxygen atoms in total. The fourth-order valence-corrected chi connectivity index (χ4v) is 5.30. The van der Waals surface area contributed by atoms with Gasteiger partial charge in [0.15, 0.2) is 0 Å². The van der Waals surface area contributed by atoms with Crippen LogP contribution in [0.5, 0.6) is 0 Å². The molecule has 254 valence electrons. The molecule has 0 spiro atoms. The number of benzene rings is 3. The summed E-state index contributed by atoms with van der Waals surface area (Å²) in [6.07, 6.45) is 1.69. The van der Waals surface area contributed by atoms with E-state index in [1.54, 1.807) is 27.0 Å². The minimum atomic E-state index is -1.06. The van der Waals surface area contributed by atoms with Gasteiger partial charge in [0.1, 0.15) is 30.3 Å². The maximum Gasteiger partial charge on any atom is 0.408 e. The molecule has 4 aromatic rings. The monoisotopic (exact) mass is 654 g/mol. The van der Waals surface area contributed by atoms with Crippen molar-refractivity contribution in [2.75, 3.05) is 0 Å². The summed E-state index contributed by atoms with van der Waals surface area (Å²) in [6, 6.07) is 23.2. The van der Waals surface area contributed by atoms with Gasteiger partial charge in [0.25, 0.3) is 0 Å². The molecule has 4 N–H and O–H groups in total. The van der Waals surface area contributed by atoms with Crippen molar-refractivity contribution in [3.05, 3.63) is 108 Å². The Bertz CT molecular complexity index is 1660. The van der Waals surface area contributed by atoms with Gasteiger partial charge >= 0.3 is 12.1 Å². The number of rotatable bonds is 14. The van der Waals surface area contributed by atoms with Gasteiger partial charge in [-0.3, -0.25) is 9.59 Å². The van der Waals surface area contributed by atoms with Crippen molar-refractivity contribution < 1.29 is 28.7 Å². The molecule has 0 saturated carbocycles. The minimum absolute atomic E-state index is 0.0181. The van der Waals surface area contributed by atoms with Crippen molar-refractivity contribution >= 4 is 34.8 Å². The largest absolute Gasteiger partial charge is 0.459 e. The highest BCUT2D eigenvalue weighted by atomic mass is 16.6. The van der Waals surface area contributed by atoms with Crippen LogP contribution in [0.25, 0.3) is 10.9 Å². The molecule has 0 aliphatic carbocycles. The summed E-state index contributed by atoms with van der Waals surface area (Å²) >= 11 is 0. The van der Waals surface area contributed by atoms with Gasteiger partial charge in [-0.25, -0.2) is 9.59 Å². The standard InChI is InChI=1S/C38H46N4O6/c1-25(2)20-31(34(43)41-33(21-26-14-8-6-9-15-26)36(45)47-24-27-16-10-7-11-17-27)40-35(44)32(42-37(46)48-38(3,4)5)22-28-23-39-30-19-13-12-18-29(28)30/h6-19,23,25,31-33,39H,20-22,24H2,1-5H3,(H,40,44)(H,41,43)(H,42,46). The topological polar surface area (TPSA) is 139 Å². The number of carbonyl (C=O) groups is 4. The Morgan fingerprint density at radius 1 is 0.708 bits per heavy atom. The molecular weight excluding hydrogens is 608 g/mol. The van der Waals surface area contributed by atoms with E-state index in [4.69, 9.17) is 9.47 Å². The molecular formula is C38H46N4O6. The summed E-state index contributed by atoms with van der Waals surface area (Å²) in [5.74, 6) is -1.66. The zero-order valence-electron chi connectivity index (χ0n) is 28.2. The molecule has 1 heterocycles. The number of hydrogen-bond acceptors (Lipinski definition) is 6. The lowest BCUT2D eigenvalue weighted by Crippen LogP contribution is -2.57. The molecule has 3 aromatic carbocycles. The van der Waals surface area contributed by atoms with E-state index in [-0.39, 0.29) is 25.4 Å². The Labute approximate surface area is 282 Å². The first kappa shape index (κ1) is 35.7. The minimum Gasteiger partial charge on any atom is -0.459 e. The predicted octanol–water partition coefficient (Wildman–Crippen LogP) is 5.61. The zero-order chi connectivity index (χ0) is 34.7. The van der Waals surface area contributed by atoms with Gasteiger partial charge in [-0.1, -0.05) is 92.7 Å². The number of alkyl carbamates (subject to hydrolysis) is 1. The van der Waals surface area contributed by atoms with E-state index in [1.165, 1.54) is 0 Å². The second-order valence-corrected chi connectivity index (χ2v) is 13.3. The fraction of sp³-hybridized carbons (Fsp3) is 0.368. The van der Waals surface area contributed by atoms with Gasteiger partial charge < -0.3 is 30.4 Å². The number of esters is 1. The maximum absolute atomic E-state index is 13.9. The van der Waals surface area contributed by atoms with E-state index in [1.807, 2.05) is 98.8 Å². The Hall–Kier alpha value is -5.12. The Balaban J connectivity index is 1.54. The van der Waals surface area contributed by atoms with Crippen molar-refractivity contribution in [3.8, 4) is 0 Å². The summed E-state index contributed by atoms with van der Waals surface area (Å²) < 4.78 is 11.1. The number of para-hydroxylation sites is 1. The molecule has 1 aromatic heterocycles. The molecule has 0 radical (unpaired) electrons. The highest BCUT2D eigenvalue weighted by Gasteiger charge is 2.32. The molecule has 3 amide bonds. The third-order valence-electron chi connectivity index (χ3n) is 7.55. The lowest BCUT2D eigenvalue weighted by molar-refractivity contribution is -0.149. The van der Waals surface area contributed by atoms with Crippen LogP contribution in [0.15, 0.2) is 91.1 Å². The summed E-state index contributed by atoms with van der Waals surface area (Å²) in [4.78, 5) is 57.2. The molecule has 0 saturated heterocycles. The second-order valence-electron chi connectivity index (χ2n) is 13.3. The maximum atomic E-state index is 13.9. The van der Waals surface area contributed by atoms with E-state index in [0.717, 1.165) is 27.6 Å². The van der Waals surface area contributed by atoms with Crippen LogP contribution in [-0.2, 0) is 43.3 Å². The number of ether oxygens (including phenoxy) is 2. The first-order chi connectivity index (χ1) is 22.9. The third-order valence-corrected chi connectivity index (χ3v) is 7.55. The number of carbonyl (C=O) groups excluding carboxylic acids is 4. The van der Waals surface area contributed by atoms with Crippen LogP contribution in [0.1, 0.15) is 57.7 Å². The van der Waals surface area contributed by atoms with Crippen molar-refractivity contribution in [3.63, 3.8) is 0 Å². The van der Waals surface area contributed by atoms with Crippen molar-refractivity contribution in [1.29, 1.82) is 0 Å². The second kappa shape index (κ2) is 16.6. The van der Waals surface area contributed by atoms with Gasteiger partial charge in [-0.2, -0.15) is 0 Å². The molecule has 4 rings (SSSR count). The van der Waals surface area contributed by atoms with Crippen molar-refractivity contribution in [2.45, 2.75) is 84.2 Å². The van der Waals surface area contributed by atoms with Gasteiger partial charge in [0.2, 0.25) is 11.8 Å². The van der Waals surface area contributed by atoms with Gasteiger partial charge in [0.05, 0.1) is 0 Å². The zero-order valence-corrected chi connectivity index (χ0v) is 28.2. The Kier molecular flexibility index (Phi) is 12.4. The van der Waals surface area contributed by atoms with E-state index >= 15 is 0 Å². The summed E-state index contributed by atoms with van der Waals surface area (Å²) in [7, 11) is 0. The van der Waals surface area contributed by atoms with Gasteiger partial charge in [0, 0.05) is 29.9 Å². The fourth-order valence-electron chi connectivity index (χ4n) is 5.30. The smallest absolute Gasteiger partial charge is 0.408 e. The van der Waals surface area contributed by atoms with E-state index < -0.39 is 47.6 Å². The Morgan fingerprint density at radius 2 is 1.29 bits per heavy atom. The van der Waals surface area contributed by atoms with Crippen LogP contribution >= 0.6 is 0 Å². The van der Waals surface area contributed by atoms with Crippen LogP contribution in [0.4, 0.5) is 4.79 Å². The third kappa shape index (κ3) is 11.0. The van der Waals surface area contributed by atoms with Crippen LogP contribution in [0.2, 0.25) is 0 Å². The number of hydrogen-bond donors (Lipinski definition) is 4. The molecule has 48 heavy (non-hydrogen) atoms. The molecule has 0 aliphatic rings. The van der Waals surface area contributed by atoms with E-state index in [9.17, 15) is 19.2 Å².